The van der Waals surface area contributed by atoms with Crippen LogP contribution in [-0.2, 0) is 38.6 Å². The number of carbonyl (C=O) groups excluding carboxylic acids is 3. The van der Waals surface area contributed by atoms with E-state index in [0.29, 0.717) is 11.1 Å². The van der Waals surface area contributed by atoms with Gasteiger partial charge in [-0.25, -0.2) is 9.59 Å². The molecule has 0 spiro atoms. The van der Waals surface area contributed by atoms with E-state index in [2.05, 4.69) is 15.9 Å². The van der Waals surface area contributed by atoms with Crippen molar-refractivity contribution >= 4 is 57.0 Å². The number of amides is 3. The number of aliphatic carboxylic acids is 1. The third-order valence-corrected chi connectivity index (χ3v) is 6.73. The summed E-state index contributed by atoms with van der Waals surface area (Å²) in [5.74, 6) is -5.67. The van der Waals surface area contributed by atoms with Gasteiger partial charge in [-0.2, -0.15) is 0 Å². The smallest absolute Gasteiger partial charge is 0.395 e. The second-order valence-electron chi connectivity index (χ2n) is 9.09. The van der Waals surface area contributed by atoms with Gasteiger partial charge in [-0.1, -0.05) is 52.3 Å². The molecule has 11 nitrogen and oxygen atoms in total. The molecule has 41 heavy (non-hydrogen) atoms. The van der Waals surface area contributed by atoms with Gasteiger partial charge in [-0.3, -0.25) is 24.2 Å². The summed E-state index contributed by atoms with van der Waals surface area (Å²) < 4.78 is 0.843. The van der Waals surface area contributed by atoms with Crippen molar-refractivity contribution in [1.29, 1.82) is 0 Å². The maximum Gasteiger partial charge on any atom is 0.395 e. The minimum atomic E-state index is -1.81. The van der Waals surface area contributed by atoms with Gasteiger partial charge in [0.25, 0.3) is 0 Å². The molecule has 3 aromatic carbocycles. The third-order valence-electron chi connectivity index (χ3n) is 6.20. The van der Waals surface area contributed by atoms with Crippen LogP contribution in [-0.4, -0.2) is 62.5 Å². The number of rotatable bonds is 10. The highest BCUT2D eigenvalue weighted by Gasteiger charge is 2.30. The Balaban J connectivity index is 1.96. The van der Waals surface area contributed by atoms with Crippen LogP contribution >= 0.6 is 15.9 Å². The van der Waals surface area contributed by atoms with E-state index in [9.17, 15) is 39.3 Å². The summed E-state index contributed by atoms with van der Waals surface area (Å²) in [6.07, 6.45) is -0.0334. The minimum Gasteiger partial charge on any atom is -0.478 e. The Morgan fingerprint density at radius 3 is 2.12 bits per heavy atom. The minimum absolute atomic E-state index is 0.0136. The molecular formula is C29H28BrN3O8. The lowest BCUT2D eigenvalue weighted by molar-refractivity contribution is -0.148. The first kappa shape index (κ1) is 31.1. The van der Waals surface area contributed by atoms with E-state index in [0.717, 1.165) is 19.8 Å². The van der Waals surface area contributed by atoms with Gasteiger partial charge in [0.1, 0.15) is 0 Å². The molecule has 12 heteroatoms. The summed E-state index contributed by atoms with van der Waals surface area (Å²) in [5, 5.41) is 28.8. The Bertz CT molecular complexity index is 1480. The lowest BCUT2D eigenvalue weighted by atomic mass is 9.98. The maximum absolute atomic E-state index is 13.2. The van der Waals surface area contributed by atoms with E-state index in [1.54, 1.807) is 30.3 Å². The molecule has 0 aliphatic heterocycles. The quantitative estimate of drug-likeness (QED) is 0.246. The van der Waals surface area contributed by atoms with Crippen molar-refractivity contribution in [1.82, 2.24) is 4.90 Å². The van der Waals surface area contributed by atoms with Crippen molar-refractivity contribution < 1.29 is 39.3 Å². The molecule has 3 rings (SSSR count). The maximum atomic E-state index is 13.2. The van der Waals surface area contributed by atoms with Gasteiger partial charge in [-0.15, -0.1) is 0 Å². The van der Waals surface area contributed by atoms with Crippen molar-refractivity contribution in [2.24, 2.45) is 5.73 Å². The summed E-state index contributed by atoms with van der Waals surface area (Å²) in [6.45, 7) is 0.919. The van der Waals surface area contributed by atoms with Gasteiger partial charge >= 0.3 is 17.8 Å². The fourth-order valence-corrected chi connectivity index (χ4v) is 4.52. The fraction of sp³-hybridized carbons (Fsp3) is 0.207. The van der Waals surface area contributed by atoms with Crippen LogP contribution in [0.1, 0.15) is 34.0 Å². The Hall–Kier alpha value is -4.39. The summed E-state index contributed by atoms with van der Waals surface area (Å²) in [5.41, 5.74) is 7.34. The number of nitrogens with zero attached hydrogens (tertiary/aromatic N) is 2. The number of hydrogen-bond donors (Lipinski definition) is 4. The van der Waals surface area contributed by atoms with Crippen LogP contribution in [0.5, 0.6) is 0 Å². The third kappa shape index (κ3) is 7.63. The predicted molar refractivity (Wildman–Crippen MR) is 152 cm³/mol. The summed E-state index contributed by atoms with van der Waals surface area (Å²) >= 11 is 3.34. The average Bonchev–Trinajstić information content (AvgIpc) is 2.93. The standard InChI is InChI=1S/C29H28BrN3O8/c1-17(35)32(16-18-6-9-21(30)10-7-18)26(36)23(31)15-19-8-11-24(20(14-19)12-13-34)33(27(37)29(40)41)25-5-3-2-4-22(25)28(38)39/h2-11,14,23,34H,12-13,15-16,31H2,1H3,(H,38,39)(H,40,41). The zero-order chi connectivity index (χ0) is 30.3. The molecule has 0 fully saturated rings. The number of carbonyl (C=O) groups is 5. The average molecular weight is 626 g/mol. The Morgan fingerprint density at radius 1 is 0.902 bits per heavy atom. The molecule has 0 heterocycles. The van der Waals surface area contributed by atoms with E-state index in [1.807, 2.05) is 0 Å². The summed E-state index contributed by atoms with van der Waals surface area (Å²) in [7, 11) is 0. The van der Waals surface area contributed by atoms with E-state index >= 15 is 0 Å². The van der Waals surface area contributed by atoms with Crippen molar-refractivity contribution in [3.8, 4) is 0 Å². The molecule has 0 aromatic heterocycles. The summed E-state index contributed by atoms with van der Waals surface area (Å²) in [6, 6.07) is 15.9. The molecule has 0 saturated carbocycles. The van der Waals surface area contributed by atoms with Gasteiger partial charge in [-0.05, 0) is 59.9 Å². The number of anilines is 2. The molecule has 0 bridgehead atoms. The molecule has 0 radical (unpaired) electrons. The lowest BCUT2D eigenvalue weighted by Crippen LogP contribution is -2.46. The Kier molecular flexibility index (Phi) is 10.5. The van der Waals surface area contributed by atoms with Gasteiger partial charge in [0.15, 0.2) is 0 Å². The molecule has 0 saturated heterocycles. The fourth-order valence-electron chi connectivity index (χ4n) is 4.26. The monoisotopic (exact) mass is 625 g/mol. The Morgan fingerprint density at radius 2 is 1.54 bits per heavy atom. The van der Waals surface area contributed by atoms with Gasteiger partial charge in [0, 0.05) is 18.0 Å². The predicted octanol–water partition coefficient (Wildman–Crippen LogP) is 2.88. The highest BCUT2D eigenvalue weighted by molar-refractivity contribution is 9.10. The van der Waals surface area contributed by atoms with E-state index in [-0.39, 0.29) is 42.9 Å². The number of aliphatic hydroxyl groups is 1. The molecular weight excluding hydrogens is 598 g/mol. The van der Waals surface area contributed by atoms with Gasteiger partial charge in [0.05, 0.1) is 29.5 Å². The first-order valence-corrected chi connectivity index (χ1v) is 13.2. The van der Waals surface area contributed by atoms with E-state index < -0.39 is 35.7 Å². The number of nitrogens with two attached hydrogens (primary N) is 1. The highest BCUT2D eigenvalue weighted by Crippen LogP contribution is 2.33. The van der Waals surface area contributed by atoms with Crippen molar-refractivity contribution in [3.05, 3.63) is 93.5 Å². The van der Waals surface area contributed by atoms with Crippen LogP contribution < -0.4 is 10.6 Å². The number of aromatic carboxylic acids is 1. The summed E-state index contributed by atoms with van der Waals surface area (Å²) in [4.78, 5) is 63.6. The number of hydrogen-bond acceptors (Lipinski definition) is 7. The highest BCUT2D eigenvalue weighted by atomic mass is 79.9. The zero-order valence-corrected chi connectivity index (χ0v) is 23.6. The van der Waals surface area contributed by atoms with Crippen molar-refractivity contribution in [3.63, 3.8) is 0 Å². The molecule has 3 amide bonds. The van der Waals surface area contributed by atoms with Crippen LogP contribution in [0.4, 0.5) is 11.4 Å². The molecule has 1 atom stereocenters. The van der Waals surface area contributed by atoms with Gasteiger partial charge in [0.2, 0.25) is 11.8 Å². The number of carboxylic acid groups (broad SMARTS) is 2. The molecule has 1 unspecified atom stereocenters. The number of carboxylic acids is 2. The lowest BCUT2D eigenvalue weighted by Gasteiger charge is -2.26. The molecule has 5 N–H and O–H groups in total. The number of benzene rings is 3. The molecule has 0 aliphatic carbocycles. The van der Waals surface area contributed by atoms with Crippen LogP contribution in [0.3, 0.4) is 0 Å². The van der Waals surface area contributed by atoms with E-state index in [1.165, 1.54) is 43.3 Å². The normalized spacial score (nSPS) is 11.4. The van der Waals surface area contributed by atoms with Gasteiger partial charge < -0.3 is 21.1 Å². The molecule has 3 aromatic rings. The number of imide groups is 1. The molecule has 214 valence electrons. The molecule has 0 aliphatic rings. The SMILES string of the molecule is CC(=O)N(Cc1ccc(Br)cc1)C(=O)C(N)Cc1ccc(N(C(=O)C(=O)O)c2ccccc2C(=O)O)c(CCO)c1. The van der Waals surface area contributed by atoms with Crippen LogP contribution in [0, 0.1) is 0 Å². The van der Waals surface area contributed by atoms with Crippen LogP contribution in [0.15, 0.2) is 71.2 Å². The largest absolute Gasteiger partial charge is 0.478 e. The topological polar surface area (TPSA) is 179 Å². The number of para-hydroxylation sites is 1. The first-order chi connectivity index (χ1) is 19.4. The van der Waals surface area contributed by atoms with Crippen LogP contribution in [0.25, 0.3) is 0 Å². The van der Waals surface area contributed by atoms with Crippen LogP contribution in [0.2, 0.25) is 0 Å². The Labute approximate surface area is 243 Å². The zero-order valence-electron chi connectivity index (χ0n) is 22.0. The second-order valence-corrected chi connectivity index (χ2v) is 10.0. The van der Waals surface area contributed by atoms with Crippen molar-refractivity contribution in [2.45, 2.75) is 32.4 Å². The van der Waals surface area contributed by atoms with Crippen molar-refractivity contribution in [2.75, 3.05) is 11.5 Å². The van der Waals surface area contributed by atoms with E-state index in [4.69, 9.17) is 5.73 Å². The first-order valence-electron chi connectivity index (χ1n) is 12.4. The second kappa shape index (κ2) is 13.8. The number of halogens is 1. The number of aliphatic hydroxyl groups excluding tert-OH is 1.